The van der Waals surface area contributed by atoms with E-state index in [1.807, 2.05) is 72.8 Å². The highest BCUT2D eigenvalue weighted by Crippen LogP contribution is 2.37. The molecule has 0 fully saturated rings. The van der Waals surface area contributed by atoms with Crippen LogP contribution in [0.1, 0.15) is 5.56 Å². The standard InChI is InChI=1S/C32H26N2O3/c1-22(21-33)18-23-4-5-25-20-32(37-31(25)19-23)24-6-8-26(9-7-24)34(27-10-14-29(35-2)15-11-27)28-12-16-30(36-3)17-13-28/h4-17,19-20H,1,18H2,2-3H3. The van der Waals surface area contributed by atoms with Gasteiger partial charge in [0.25, 0.3) is 0 Å². The number of methoxy groups -OCH3 is 2. The van der Waals surface area contributed by atoms with Crippen LogP contribution in [0.15, 0.2) is 114 Å². The number of hydrogen-bond acceptors (Lipinski definition) is 5. The SMILES string of the molecule is C=C(C#N)Cc1ccc2cc(-c3ccc(N(c4ccc(OC)cc4)c4ccc(OC)cc4)cc3)oc2c1. The van der Waals surface area contributed by atoms with Crippen molar-refractivity contribution >= 4 is 28.0 Å². The van der Waals surface area contributed by atoms with Crippen LogP contribution in [0.3, 0.4) is 0 Å². The zero-order valence-electron chi connectivity index (χ0n) is 20.8. The molecule has 182 valence electrons. The Morgan fingerprint density at radius 2 is 1.32 bits per heavy atom. The molecule has 5 heteroatoms. The molecule has 1 aromatic heterocycles. The Labute approximate surface area is 216 Å². The third kappa shape index (κ3) is 5.05. The van der Waals surface area contributed by atoms with Gasteiger partial charge in [-0.05, 0) is 90.5 Å². The van der Waals surface area contributed by atoms with Crippen LogP contribution in [0, 0.1) is 11.3 Å². The molecule has 0 atom stereocenters. The molecule has 0 aliphatic heterocycles. The predicted octanol–water partition coefficient (Wildman–Crippen LogP) is 8.21. The Morgan fingerprint density at radius 1 is 0.784 bits per heavy atom. The van der Waals surface area contributed by atoms with E-state index in [1.165, 1.54) is 0 Å². The number of nitrogens with zero attached hydrogens (tertiary/aromatic N) is 2. The van der Waals surface area contributed by atoms with Gasteiger partial charge >= 0.3 is 0 Å². The average Bonchev–Trinajstić information content (AvgIpc) is 3.38. The van der Waals surface area contributed by atoms with Gasteiger partial charge in [0.1, 0.15) is 22.8 Å². The Bertz CT molecular complexity index is 1530. The molecule has 0 aliphatic rings. The van der Waals surface area contributed by atoms with Gasteiger partial charge in [0.05, 0.1) is 20.3 Å². The van der Waals surface area contributed by atoms with Crippen molar-refractivity contribution in [2.75, 3.05) is 19.1 Å². The largest absolute Gasteiger partial charge is 0.497 e. The van der Waals surface area contributed by atoms with E-state index in [0.717, 1.165) is 56.4 Å². The maximum absolute atomic E-state index is 9.03. The van der Waals surface area contributed by atoms with Crippen molar-refractivity contribution in [3.8, 4) is 28.9 Å². The lowest BCUT2D eigenvalue weighted by Gasteiger charge is -2.26. The highest BCUT2D eigenvalue weighted by molar-refractivity contribution is 5.84. The first-order valence-corrected chi connectivity index (χ1v) is 11.9. The van der Waals surface area contributed by atoms with E-state index in [-0.39, 0.29) is 0 Å². The zero-order valence-corrected chi connectivity index (χ0v) is 20.8. The van der Waals surface area contributed by atoms with Gasteiger partial charge in [0.2, 0.25) is 0 Å². The lowest BCUT2D eigenvalue weighted by atomic mass is 10.1. The summed E-state index contributed by atoms with van der Waals surface area (Å²) in [5, 5.41) is 10.0. The second-order valence-electron chi connectivity index (χ2n) is 8.65. The van der Waals surface area contributed by atoms with E-state index >= 15 is 0 Å². The number of anilines is 3. The van der Waals surface area contributed by atoms with E-state index in [4.69, 9.17) is 19.2 Å². The van der Waals surface area contributed by atoms with Crippen LogP contribution in [-0.2, 0) is 6.42 Å². The van der Waals surface area contributed by atoms with Crippen LogP contribution in [0.2, 0.25) is 0 Å². The third-order valence-corrected chi connectivity index (χ3v) is 6.23. The first-order valence-electron chi connectivity index (χ1n) is 11.9. The normalized spacial score (nSPS) is 10.6. The van der Waals surface area contributed by atoms with Crippen LogP contribution in [-0.4, -0.2) is 14.2 Å². The maximum atomic E-state index is 9.03. The van der Waals surface area contributed by atoms with Gasteiger partial charge in [0.15, 0.2) is 0 Å². The number of fused-ring (bicyclic) bond motifs is 1. The number of furan rings is 1. The fourth-order valence-corrected chi connectivity index (χ4v) is 4.30. The molecule has 0 unspecified atom stereocenters. The molecule has 0 aliphatic carbocycles. The van der Waals surface area contributed by atoms with E-state index in [0.29, 0.717) is 12.0 Å². The molecule has 0 saturated carbocycles. The maximum Gasteiger partial charge on any atom is 0.135 e. The van der Waals surface area contributed by atoms with Gasteiger partial charge in [-0.25, -0.2) is 0 Å². The van der Waals surface area contributed by atoms with Gasteiger partial charge < -0.3 is 18.8 Å². The van der Waals surface area contributed by atoms with Gasteiger partial charge in [-0.1, -0.05) is 18.7 Å². The summed E-state index contributed by atoms with van der Waals surface area (Å²) < 4.78 is 16.9. The van der Waals surface area contributed by atoms with Crippen LogP contribution < -0.4 is 14.4 Å². The smallest absolute Gasteiger partial charge is 0.135 e. The van der Waals surface area contributed by atoms with Crippen molar-refractivity contribution in [1.82, 2.24) is 0 Å². The van der Waals surface area contributed by atoms with Gasteiger partial charge in [0, 0.05) is 40.0 Å². The summed E-state index contributed by atoms with van der Waals surface area (Å²) in [5.41, 5.74) is 6.33. The summed E-state index contributed by atoms with van der Waals surface area (Å²) >= 11 is 0. The first kappa shape index (κ1) is 23.8. The molecule has 4 aromatic carbocycles. The summed E-state index contributed by atoms with van der Waals surface area (Å²) in [6, 6.07) is 34.4. The predicted molar refractivity (Wildman–Crippen MR) is 148 cm³/mol. The molecule has 0 saturated heterocycles. The average molecular weight is 487 g/mol. The molecule has 0 bridgehead atoms. The van der Waals surface area contributed by atoms with Crippen LogP contribution >= 0.6 is 0 Å². The minimum absolute atomic E-state index is 0.518. The molecule has 0 amide bonds. The van der Waals surface area contributed by atoms with Crippen molar-refractivity contribution in [1.29, 1.82) is 5.26 Å². The Morgan fingerprint density at radius 3 is 1.84 bits per heavy atom. The second-order valence-corrected chi connectivity index (χ2v) is 8.65. The quantitative estimate of drug-likeness (QED) is 0.207. The minimum Gasteiger partial charge on any atom is -0.497 e. The Balaban J connectivity index is 1.48. The van der Waals surface area contributed by atoms with Crippen molar-refractivity contribution in [3.63, 3.8) is 0 Å². The minimum atomic E-state index is 0.518. The second kappa shape index (κ2) is 10.3. The van der Waals surface area contributed by atoms with Crippen molar-refractivity contribution < 1.29 is 13.9 Å². The van der Waals surface area contributed by atoms with Gasteiger partial charge in [-0.15, -0.1) is 0 Å². The fraction of sp³-hybridized carbons (Fsp3) is 0.0938. The number of hydrogen-bond donors (Lipinski definition) is 0. The summed E-state index contributed by atoms with van der Waals surface area (Å²) in [7, 11) is 3.33. The lowest BCUT2D eigenvalue weighted by molar-refractivity contribution is 0.415. The van der Waals surface area contributed by atoms with Gasteiger partial charge in [-0.3, -0.25) is 0 Å². The van der Waals surface area contributed by atoms with E-state index in [1.54, 1.807) is 14.2 Å². The lowest BCUT2D eigenvalue weighted by Crippen LogP contribution is -2.09. The number of rotatable bonds is 8. The number of allylic oxidation sites excluding steroid dienone is 1. The van der Waals surface area contributed by atoms with Gasteiger partial charge in [-0.2, -0.15) is 5.26 Å². The Hall–Kier alpha value is -4.95. The molecule has 5 rings (SSSR count). The number of ether oxygens (including phenoxy) is 2. The number of nitriles is 1. The Kier molecular flexibility index (Phi) is 6.65. The topological polar surface area (TPSA) is 58.6 Å². The zero-order chi connectivity index (χ0) is 25.8. The van der Waals surface area contributed by atoms with Crippen LogP contribution in [0.5, 0.6) is 11.5 Å². The summed E-state index contributed by atoms with van der Waals surface area (Å²) in [4.78, 5) is 2.18. The molecular formula is C32H26N2O3. The number of benzene rings is 4. The van der Waals surface area contributed by atoms with Crippen LogP contribution in [0.25, 0.3) is 22.3 Å². The van der Waals surface area contributed by atoms with E-state index in [9.17, 15) is 0 Å². The van der Waals surface area contributed by atoms with E-state index in [2.05, 4.69) is 41.8 Å². The highest BCUT2D eigenvalue weighted by atomic mass is 16.5. The highest BCUT2D eigenvalue weighted by Gasteiger charge is 2.14. The molecule has 5 aromatic rings. The molecular weight excluding hydrogens is 460 g/mol. The molecule has 0 spiro atoms. The molecule has 37 heavy (non-hydrogen) atoms. The molecule has 0 radical (unpaired) electrons. The molecule has 5 nitrogen and oxygen atoms in total. The molecule has 0 N–H and O–H groups in total. The van der Waals surface area contributed by atoms with Crippen LogP contribution in [0.4, 0.5) is 17.1 Å². The van der Waals surface area contributed by atoms with Crippen molar-refractivity contribution in [3.05, 3.63) is 115 Å². The first-order chi connectivity index (χ1) is 18.1. The monoisotopic (exact) mass is 486 g/mol. The molecule has 1 heterocycles. The fourth-order valence-electron chi connectivity index (χ4n) is 4.30. The van der Waals surface area contributed by atoms with E-state index < -0.39 is 0 Å². The summed E-state index contributed by atoms with van der Waals surface area (Å²) in [6.45, 7) is 3.78. The third-order valence-electron chi connectivity index (χ3n) is 6.23. The summed E-state index contributed by atoms with van der Waals surface area (Å²) in [6.07, 6.45) is 0.518. The van der Waals surface area contributed by atoms with Crippen molar-refractivity contribution in [2.24, 2.45) is 0 Å². The summed E-state index contributed by atoms with van der Waals surface area (Å²) in [5.74, 6) is 2.40. The van der Waals surface area contributed by atoms with Crippen molar-refractivity contribution in [2.45, 2.75) is 6.42 Å².